The third-order valence-electron chi connectivity index (χ3n) is 15.7. The number of aromatic nitrogens is 2. The number of amides is 1. The summed E-state index contributed by atoms with van der Waals surface area (Å²) in [6.07, 6.45) is 10.5. The zero-order valence-electron chi connectivity index (χ0n) is 39.0. The van der Waals surface area contributed by atoms with Crippen molar-refractivity contribution in [3.8, 4) is 17.2 Å². The zero-order valence-corrected chi connectivity index (χ0v) is 39.8. The number of aromatic amines is 1. The molecule has 2 saturated heterocycles. The van der Waals surface area contributed by atoms with E-state index in [0.29, 0.717) is 55.0 Å². The van der Waals surface area contributed by atoms with E-state index in [1.165, 1.54) is 48.4 Å². The highest BCUT2D eigenvalue weighted by Gasteiger charge is 2.50. The highest BCUT2D eigenvalue weighted by Crippen LogP contribution is 2.54. The minimum absolute atomic E-state index is 0.0248. The molecule has 3 aliphatic heterocycles. The van der Waals surface area contributed by atoms with Crippen LogP contribution in [0.1, 0.15) is 124 Å². The molecular weight excluding hydrogens is 890 g/mol. The number of ether oxygens (including phenoxy) is 2. The molecule has 10 rings (SSSR count). The van der Waals surface area contributed by atoms with Crippen LogP contribution in [0.25, 0.3) is 11.0 Å². The Bertz CT molecular complexity index is 2880. The number of hydrogen-bond donors (Lipinski definition) is 4. The van der Waals surface area contributed by atoms with Gasteiger partial charge in [-0.3, -0.25) is 19.8 Å². The van der Waals surface area contributed by atoms with E-state index in [1.54, 1.807) is 26.0 Å². The van der Waals surface area contributed by atoms with Crippen molar-refractivity contribution in [1.82, 2.24) is 19.6 Å². The van der Waals surface area contributed by atoms with E-state index >= 15 is 0 Å². The van der Waals surface area contributed by atoms with E-state index in [-0.39, 0.29) is 57.9 Å². The van der Waals surface area contributed by atoms with Crippen LogP contribution in [0.2, 0.25) is 0 Å². The summed E-state index contributed by atoms with van der Waals surface area (Å²) < 4.78 is 57.3. The van der Waals surface area contributed by atoms with Gasteiger partial charge in [0.1, 0.15) is 29.6 Å². The lowest BCUT2D eigenvalue weighted by Crippen LogP contribution is -2.54. The molecule has 0 bridgehead atoms. The first-order chi connectivity index (χ1) is 32.5. The second-order valence-corrected chi connectivity index (χ2v) is 22.2. The average Bonchev–Trinajstić information content (AvgIpc) is 3.93. The lowest BCUT2D eigenvalue weighted by atomic mass is 9.59. The maximum atomic E-state index is 14.8. The van der Waals surface area contributed by atoms with Gasteiger partial charge < -0.3 is 29.8 Å². The van der Waals surface area contributed by atoms with Gasteiger partial charge in [0.05, 0.1) is 38.1 Å². The number of piperidine rings is 1. The van der Waals surface area contributed by atoms with E-state index < -0.39 is 42.9 Å². The number of nitro benzene ring substituents is 1. The van der Waals surface area contributed by atoms with E-state index in [1.807, 2.05) is 0 Å². The Morgan fingerprint density at radius 3 is 2.51 bits per heavy atom. The fraction of sp³-hybridized carbons (Fsp3) is 0.490. The quantitative estimate of drug-likeness (QED) is 0.0725. The first kappa shape index (κ1) is 46.0. The summed E-state index contributed by atoms with van der Waals surface area (Å²) in [5.74, 6) is -0.830. The Morgan fingerprint density at radius 1 is 1.03 bits per heavy atom. The van der Waals surface area contributed by atoms with E-state index in [0.717, 1.165) is 57.1 Å². The number of nitro groups is 1. The Hall–Kier alpha value is -5.78. The molecule has 68 heavy (non-hydrogen) atoms. The molecule has 2 aromatic heterocycles. The molecule has 1 amide bonds. The fourth-order valence-corrected chi connectivity index (χ4v) is 12.7. The minimum atomic E-state index is -4.72. The number of pyridine rings is 1. The number of H-pyrrole nitrogens is 1. The molecule has 2 aliphatic carbocycles. The maximum Gasteiger partial charge on any atom is 0.297 e. The summed E-state index contributed by atoms with van der Waals surface area (Å²) in [6.45, 7) is 10.9. The Balaban J connectivity index is 0.874. The highest BCUT2D eigenvalue weighted by molar-refractivity contribution is 7.90. The van der Waals surface area contributed by atoms with Gasteiger partial charge in [0.2, 0.25) is 0 Å². The largest absolute Gasteiger partial charge is 0.489 e. The summed E-state index contributed by atoms with van der Waals surface area (Å²) >= 11 is 0. The van der Waals surface area contributed by atoms with E-state index in [4.69, 9.17) is 9.47 Å². The predicted octanol–water partition coefficient (Wildman–Crippen LogP) is 9.65. The van der Waals surface area contributed by atoms with Gasteiger partial charge in [0, 0.05) is 55.3 Å². The van der Waals surface area contributed by atoms with Gasteiger partial charge in [-0.05, 0) is 131 Å². The highest BCUT2D eigenvalue weighted by atomic mass is 32.2. The van der Waals surface area contributed by atoms with Crippen molar-refractivity contribution in [2.45, 2.75) is 126 Å². The Kier molecular flexibility index (Phi) is 11.9. The van der Waals surface area contributed by atoms with Gasteiger partial charge in [-0.2, -0.15) is 0 Å². The number of aryl methyl sites for hydroxylation is 1. The number of halogens is 1. The van der Waals surface area contributed by atoms with Crippen LogP contribution in [0, 0.1) is 34.2 Å². The first-order valence-electron chi connectivity index (χ1n) is 24.0. The van der Waals surface area contributed by atoms with Crippen molar-refractivity contribution < 1.29 is 37.1 Å². The van der Waals surface area contributed by atoms with Crippen LogP contribution in [-0.4, -0.2) is 83.1 Å². The molecule has 3 aromatic carbocycles. The topological polar surface area (TPSA) is 192 Å². The third kappa shape index (κ3) is 8.77. The van der Waals surface area contributed by atoms with Gasteiger partial charge in [0.15, 0.2) is 11.4 Å². The van der Waals surface area contributed by atoms with Crippen molar-refractivity contribution in [2.24, 2.45) is 11.3 Å². The molecule has 15 nitrogen and oxygen atoms in total. The molecule has 4 fully saturated rings. The molecule has 0 radical (unpaired) electrons. The van der Waals surface area contributed by atoms with Gasteiger partial charge >= 0.3 is 0 Å². The molecule has 360 valence electrons. The number of carbonyl (C=O) groups is 1. The third-order valence-corrected chi connectivity index (χ3v) is 17.0. The number of hydrogen-bond acceptors (Lipinski definition) is 12. The number of anilines is 2. The summed E-state index contributed by atoms with van der Waals surface area (Å²) in [5.41, 5.74) is 3.34. The van der Waals surface area contributed by atoms with Crippen LogP contribution in [0.4, 0.5) is 21.5 Å². The van der Waals surface area contributed by atoms with Gasteiger partial charge in [-0.15, -0.1) is 0 Å². The molecule has 2 saturated carbocycles. The second kappa shape index (κ2) is 17.6. The molecular formula is C51H60FN7O8S. The number of nitrogens with zero attached hydrogens (tertiary/aromatic N) is 4. The van der Waals surface area contributed by atoms with Crippen LogP contribution in [0.5, 0.6) is 17.2 Å². The number of aliphatic hydroxyl groups is 1. The second-order valence-electron chi connectivity index (χ2n) is 20.5. The van der Waals surface area contributed by atoms with Crippen LogP contribution >= 0.6 is 0 Å². The lowest BCUT2D eigenvalue weighted by Gasteiger charge is -2.56. The maximum absolute atomic E-state index is 14.8. The SMILES string of the molecule is Cc1nc2[nH]cc(F)c2cc1Oc1cc(N2CCC3(CC2)CC(N2CCC[C@H]2c2ccccc2C(C)C)C3)ccc1C(=O)NS(=O)(=O)c1cc2c(c([N+](=O)[O-])c1)N[C@@H](C1CCC(C)(O)CC1)CO2. The number of rotatable bonds is 11. The summed E-state index contributed by atoms with van der Waals surface area (Å²) in [6, 6.07) is 18.2. The molecule has 17 heteroatoms. The molecule has 4 N–H and O–H groups in total. The lowest BCUT2D eigenvalue weighted by molar-refractivity contribution is -0.384. The van der Waals surface area contributed by atoms with E-state index in [9.17, 15) is 32.8 Å². The summed E-state index contributed by atoms with van der Waals surface area (Å²) in [4.78, 5) is 37.7. The van der Waals surface area contributed by atoms with Crippen molar-refractivity contribution >= 4 is 44.0 Å². The first-order valence-corrected chi connectivity index (χ1v) is 25.5. The molecule has 5 aromatic rings. The molecule has 5 aliphatic rings. The van der Waals surface area contributed by atoms with Crippen molar-refractivity contribution in [2.75, 3.05) is 36.5 Å². The summed E-state index contributed by atoms with van der Waals surface area (Å²) in [7, 11) is -4.72. The smallest absolute Gasteiger partial charge is 0.297 e. The number of sulfonamides is 1. The standard InChI is InChI=1S/C51H60FN7O8S/c1-30(2)36-8-5-6-9-37(36)42-10-7-19-58(42)34-26-51(27-34)17-20-57(21-18-51)33-11-12-38(45(22-33)67-44-25-39-40(52)28-53-48(39)54-31(44)3)49(60)56-68(64,65)35-23-43(59(62)63)47-46(24-35)66-29-41(55-47)32-13-15-50(4,61)16-14-32/h5-6,8-9,11-12,22-25,28,30,32,34,41-42,55,61H,7,10,13-21,26-27,29H2,1-4H3,(H,53,54)(H,56,60)/t32?,41-,42+,50?/m1/s1. The normalized spacial score (nSPS) is 24.0. The minimum Gasteiger partial charge on any atom is -0.489 e. The molecule has 2 atom stereocenters. The number of likely N-dealkylation sites (tertiary alicyclic amines) is 1. The van der Waals surface area contributed by atoms with Crippen molar-refractivity contribution in [1.29, 1.82) is 0 Å². The van der Waals surface area contributed by atoms with Crippen LogP contribution in [0.3, 0.4) is 0 Å². The van der Waals surface area contributed by atoms with Gasteiger partial charge in [-0.25, -0.2) is 22.5 Å². The van der Waals surface area contributed by atoms with E-state index in [2.05, 4.69) is 67.9 Å². The molecule has 0 unspecified atom stereocenters. The number of fused-ring (bicyclic) bond motifs is 2. The number of nitrogens with one attached hydrogen (secondary N) is 3. The van der Waals surface area contributed by atoms with Crippen molar-refractivity contribution in [3.05, 3.63) is 105 Å². The Labute approximate surface area is 396 Å². The monoisotopic (exact) mass is 949 g/mol. The summed E-state index contributed by atoms with van der Waals surface area (Å²) in [5, 5.41) is 26.3. The molecule has 1 spiro atoms. The van der Waals surface area contributed by atoms with Crippen LogP contribution < -0.4 is 24.4 Å². The average molecular weight is 950 g/mol. The number of benzene rings is 3. The van der Waals surface area contributed by atoms with Gasteiger partial charge in [-0.1, -0.05) is 38.1 Å². The zero-order chi connectivity index (χ0) is 47.7. The number of carbonyl (C=O) groups excluding carboxylic acids is 1. The van der Waals surface area contributed by atoms with Gasteiger partial charge in [0.25, 0.3) is 21.6 Å². The van der Waals surface area contributed by atoms with Crippen molar-refractivity contribution in [3.63, 3.8) is 0 Å². The van der Waals surface area contributed by atoms with Crippen LogP contribution in [-0.2, 0) is 10.0 Å². The predicted molar refractivity (Wildman–Crippen MR) is 257 cm³/mol. The Morgan fingerprint density at radius 2 is 1.78 bits per heavy atom. The van der Waals surface area contributed by atoms with Crippen LogP contribution in [0.15, 0.2) is 71.8 Å². The fourth-order valence-electron chi connectivity index (χ4n) is 11.7. The molecule has 5 heterocycles.